The van der Waals surface area contributed by atoms with Gasteiger partial charge in [-0.3, -0.25) is 4.79 Å². The lowest BCUT2D eigenvalue weighted by atomic mass is 10.0. The van der Waals surface area contributed by atoms with Crippen molar-refractivity contribution in [1.82, 2.24) is 15.3 Å². The number of unbranched alkanes of at least 4 members (excludes halogenated alkanes) is 3. The topological polar surface area (TPSA) is 57.8 Å². The summed E-state index contributed by atoms with van der Waals surface area (Å²) in [6.07, 6.45) is 8.43. The summed E-state index contributed by atoms with van der Waals surface area (Å²) < 4.78 is 0. The van der Waals surface area contributed by atoms with Crippen LogP contribution in [0.1, 0.15) is 64.6 Å². The maximum Gasteiger partial charge on any atom is 0.220 e. The number of carbonyl (C=O) groups is 1. The van der Waals surface area contributed by atoms with Crippen LogP contribution in [-0.4, -0.2) is 22.4 Å². The van der Waals surface area contributed by atoms with Gasteiger partial charge in [0, 0.05) is 19.4 Å². The zero-order valence-corrected chi connectivity index (χ0v) is 15.1. The molecule has 4 nitrogen and oxygen atoms in total. The minimum atomic E-state index is 0.160. The lowest BCUT2D eigenvalue weighted by molar-refractivity contribution is -0.121. The van der Waals surface area contributed by atoms with E-state index >= 15 is 0 Å². The lowest BCUT2D eigenvalue weighted by Gasteiger charge is -2.06. The third-order valence-corrected chi connectivity index (χ3v) is 4.29. The number of hydrogen-bond donors (Lipinski definition) is 2. The van der Waals surface area contributed by atoms with Crippen LogP contribution in [0.25, 0.3) is 11.0 Å². The Morgan fingerprint density at radius 2 is 1.92 bits per heavy atom. The van der Waals surface area contributed by atoms with Crippen molar-refractivity contribution in [2.45, 2.75) is 65.2 Å². The molecule has 0 unspecified atom stereocenters. The molecule has 2 rings (SSSR count). The van der Waals surface area contributed by atoms with Crippen LogP contribution in [0.15, 0.2) is 24.3 Å². The molecule has 0 bridgehead atoms. The van der Waals surface area contributed by atoms with E-state index in [4.69, 9.17) is 0 Å². The number of carbonyl (C=O) groups excluding carboxylic acids is 1. The standard InChI is InChI=1S/C20H31N3O/c1-16(2)10-5-3-4-8-15-21-20(24)14-9-13-19-22-17-11-6-7-12-18(17)23-19/h6-7,11-12,16H,3-5,8-10,13-15H2,1-2H3,(H,21,24)(H,22,23). The number of amides is 1. The van der Waals surface area contributed by atoms with E-state index < -0.39 is 0 Å². The Kier molecular flexibility index (Phi) is 7.80. The minimum absolute atomic E-state index is 0.160. The molecule has 0 aliphatic carbocycles. The molecule has 24 heavy (non-hydrogen) atoms. The number of H-pyrrole nitrogens is 1. The van der Waals surface area contributed by atoms with E-state index in [0.29, 0.717) is 6.42 Å². The van der Waals surface area contributed by atoms with Gasteiger partial charge in [0.15, 0.2) is 0 Å². The summed E-state index contributed by atoms with van der Waals surface area (Å²) in [5.74, 6) is 1.93. The number of imidazole rings is 1. The van der Waals surface area contributed by atoms with Crippen LogP contribution in [0, 0.1) is 5.92 Å². The largest absolute Gasteiger partial charge is 0.356 e. The molecule has 132 valence electrons. The van der Waals surface area contributed by atoms with Crippen molar-refractivity contribution in [3.05, 3.63) is 30.1 Å². The van der Waals surface area contributed by atoms with E-state index in [9.17, 15) is 4.79 Å². The highest BCUT2D eigenvalue weighted by molar-refractivity contribution is 5.76. The van der Waals surface area contributed by atoms with E-state index in [1.54, 1.807) is 0 Å². The smallest absolute Gasteiger partial charge is 0.220 e. The Morgan fingerprint density at radius 1 is 1.12 bits per heavy atom. The molecular weight excluding hydrogens is 298 g/mol. The highest BCUT2D eigenvalue weighted by Crippen LogP contribution is 2.12. The van der Waals surface area contributed by atoms with Crippen LogP contribution >= 0.6 is 0 Å². The monoisotopic (exact) mass is 329 g/mol. The number of nitrogens with one attached hydrogen (secondary N) is 2. The Morgan fingerprint density at radius 3 is 2.71 bits per heavy atom. The van der Waals surface area contributed by atoms with Crippen molar-refractivity contribution in [2.75, 3.05) is 6.54 Å². The van der Waals surface area contributed by atoms with Crippen LogP contribution < -0.4 is 5.32 Å². The van der Waals surface area contributed by atoms with E-state index in [1.807, 2.05) is 24.3 Å². The Labute approximate surface area is 145 Å². The summed E-state index contributed by atoms with van der Waals surface area (Å²) in [4.78, 5) is 19.7. The number of benzene rings is 1. The maximum atomic E-state index is 11.8. The van der Waals surface area contributed by atoms with Crippen molar-refractivity contribution >= 4 is 16.9 Å². The van der Waals surface area contributed by atoms with E-state index in [0.717, 1.165) is 48.6 Å². The van der Waals surface area contributed by atoms with Gasteiger partial charge < -0.3 is 10.3 Å². The lowest BCUT2D eigenvalue weighted by Crippen LogP contribution is -2.24. The fourth-order valence-electron chi connectivity index (χ4n) is 2.89. The average Bonchev–Trinajstić information content (AvgIpc) is 2.96. The molecule has 0 saturated heterocycles. The van der Waals surface area contributed by atoms with Gasteiger partial charge >= 0.3 is 0 Å². The summed E-state index contributed by atoms with van der Waals surface area (Å²) >= 11 is 0. The van der Waals surface area contributed by atoms with Gasteiger partial charge in [0.05, 0.1) is 11.0 Å². The van der Waals surface area contributed by atoms with Crippen molar-refractivity contribution < 1.29 is 4.79 Å². The zero-order valence-electron chi connectivity index (χ0n) is 15.1. The summed E-state index contributed by atoms with van der Waals surface area (Å²) in [6, 6.07) is 8.02. The SMILES string of the molecule is CC(C)CCCCCCNC(=O)CCCc1nc2ccccc2[nH]1. The van der Waals surface area contributed by atoms with Crippen molar-refractivity contribution in [3.63, 3.8) is 0 Å². The molecule has 0 aliphatic rings. The molecule has 2 aromatic rings. The number of aryl methyl sites for hydroxylation is 1. The van der Waals surface area contributed by atoms with Gasteiger partial charge in [-0.15, -0.1) is 0 Å². The Hall–Kier alpha value is -1.84. The molecule has 1 amide bonds. The summed E-state index contributed by atoms with van der Waals surface area (Å²) in [7, 11) is 0. The number of fused-ring (bicyclic) bond motifs is 1. The normalized spacial score (nSPS) is 11.3. The number of nitrogens with zero attached hydrogens (tertiary/aromatic N) is 1. The van der Waals surface area contributed by atoms with Gasteiger partial charge in [-0.25, -0.2) is 4.98 Å². The molecule has 2 N–H and O–H groups in total. The molecule has 4 heteroatoms. The Balaban J connectivity index is 1.52. The van der Waals surface area contributed by atoms with Gasteiger partial charge in [0.25, 0.3) is 0 Å². The van der Waals surface area contributed by atoms with E-state index in [-0.39, 0.29) is 5.91 Å². The third kappa shape index (κ3) is 6.73. The Bertz CT molecular complexity index is 585. The highest BCUT2D eigenvalue weighted by atomic mass is 16.1. The third-order valence-electron chi connectivity index (χ3n) is 4.29. The average molecular weight is 329 g/mol. The quantitative estimate of drug-likeness (QED) is 0.592. The first-order chi connectivity index (χ1) is 11.6. The predicted octanol–water partition coefficient (Wildman–Crippen LogP) is 4.61. The molecule has 1 heterocycles. The predicted molar refractivity (Wildman–Crippen MR) is 100.0 cm³/mol. The number of aromatic nitrogens is 2. The number of para-hydroxylation sites is 2. The van der Waals surface area contributed by atoms with Gasteiger partial charge in [0.1, 0.15) is 5.82 Å². The second-order valence-electron chi connectivity index (χ2n) is 7.00. The van der Waals surface area contributed by atoms with Gasteiger partial charge in [-0.2, -0.15) is 0 Å². The minimum Gasteiger partial charge on any atom is -0.356 e. The number of hydrogen-bond acceptors (Lipinski definition) is 2. The molecule has 0 fully saturated rings. The van der Waals surface area contributed by atoms with Gasteiger partial charge in [0.2, 0.25) is 5.91 Å². The molecule has 1 aromatic heterocycles. The van der Waals surface area contributed by atoms with Crippen LogP contribution in [-0.2, 0) is 11.2 Å². The van der Waals surface area contributed by atoms with Crippen molar-refractivity contribution in [2.24, 2.45) is 5.92 Å². The molecule has 1 aromatic carbocycles. The van der Waals surface area contributed by atoms with Crippen molar-refractivity contribution in [3.8, 4) is 0 Å². The summed E-state index contributed by atoms with van der Waals surface area (Å²) in [6.45, 7) is 5.35. The van der Waals surface area contributed by atoms with Gasteiger partial charge in [-0.05, 0) is 30.9 Å². The fourth-order valence-corrected chi connectivity index (χ4v) is 2.89. The van der Waals surface area contributed by atoms with Gasteiger partial charge in [-0.1, -0.05) is 51.7 Å². The second kappa shape index (κ2) is 10.1. The second-order valence-corrected chi connectivity index (χ2v) is 7.00. The highest BCUT2D eigenvalue weighted by Gasteiger charge is 2.04. The number of rotatable bonds is 11. The van der Waals surface area contributed by atoms with Crippen molar-refractivity contribution in [1.29, 1.82) is 0 Å². The maximum absolute atomic E-state index is 11.8. The van der Waals surface area contributed by atoms with Crippen LogP contribution in [0.5, 0.6) is 0 Å². The molecule has 0 aliphatic heterocycles. The number of aromatic amines is 1. The molecule has 0 atom stereocenters. The summed E-state index contributed by atoms with van der Waals surface area (Å²) in [5, 5.41) is 3.03. The summed E-state index contributed by atoms with van der Waals surface area (Å²) in [5.41, 5.74) is 2.06. The molecule has 0 saturated carbocycles. The molecular formula is C20H31N3O. The van der Waals surface area contributed by atoms with Crippen LogP contribution in [0.4, 0.5) is 0 Å². The molecule has 0 spiro atoms. The first kappa shape index (κ1) is 18.5. The van der Waals surface area contributed by atoms with Crippen LogP contribution in [0.2, 0.25) is 0 Å². The first-order valence-corrected chi connectivity index (χ1v) is 9.35. The first-order valence-electron chi connectivity index (χ1n) is 9.35. The van der Waals surface area contributed by atoms with Crippen LogP contribution in [0.3, 0.4) is 0 Å². The zero-order chi connectivity index (χ0) is 17.2. The molecule has 0 radical (unpaired) electrons. The van der Waals surface area contributed by atoms with E-state index in [1.165, 1.54) is 25.7 Å². The fraction of sp³-hybridized carbons (Fsp3) is 0.600. The van der Waals surface area contributed by atoms with E-state index in [2.05, 4.69) is 29.1 Å².